The summed E-state index contributed by atoms with van der Waals surface area (Å²) >= 11 is 0. The summed E-state index contributed by atoms with van der Waals surface area (Å²) in [5.74, 6) is 0.0274. The Morgan fingerprint density at radius 1 is 0.610 bits per heavy atom. The van der Waals surface area contributed by atoms with E-state index in [4.69, 9.17) is 0 Å². The Morgan fingerprint density at radius 3 is 1.15 bits per heavy atom. The summed E-state index contributed by atoms with van der Waals surface area (Å²) in [5.41, 5.74) is -0.275. The Labute approximate surface area is 256 Å². The van der Waals surface area contributed by atoms with Crippen molar-refractivity contribution in [3.8, 4) is 0 Å². The Kier molecular flexibility index (Phi) is 11.4. The van der Waals surface area contributed by atoms with Gasteiger partial charge in [-0.2, -0.15) is 0 Å². The van der Waals surface area contributed by atoms with E-state index < -0.39 is 22.2 Å². The number of carbonyl (C=O) groups excluding carboxylic acids is 2. The summed E-state index contributed by atoms with van der Waals surface area (Å²) < 4.78 is 0. The van der Waals surface area contributed by atoms with Crippen LogP contribution >= 0.6 is 0 Å². The van der Waals surface area contributed by atoms with Gasteiger partial charge in [-0.25, -0.2) is 0 Å². The predicted octanol–water partition coefficient (Wildman–Crippen LogP) is 5.35. The first-order valence-corrected chi connectivity index (χ1v) is 14.1. The largest absolute Gasteiger partial charge is 0.784 e. The van der Waals surface area contributed by atoms with Crippen LogP contribution in [-0.4, -0.2) is 55.9 Å². The number of piperidine rings is 2. The van der Waals surface area contributed by atoms with Crippen molar-refractivity contribution in [3.63, 3.8) is 0 Å². The van der Waals surface area contributed by atoms with E-state index >= 15 is 0 Å². The number of ketones is 2. The minimum Gasteiger partial charge on any atom is -0.784 e. The first kappa shape index (κ1) is 34.9. The molecule has 0 aromatic rings. The zero-order chi connectivity index (χ0) is 29.9. The summed E-state index contributed by atoms with van der Waals surface area (Å²) in [5, 5.41) is 33.6. The summed E-state index contributed by atoms with van der Waals surface area (Å²) in [6, 6.07) is 0.398. The minimum atomic E-state index is -0.399. The molecule has 229 valence electrons. The maximum Gasteiger partial charge on any atom is 0.187 e. The molecule has 4 rings (SSSR count). The van der Waals surface area contributed by atoms with Gasteiger partial charge in [-0.1, -0.05) is 24.3 Å². The topological polar surface area (TPSA) is 111 Å². The second-order valence-electron chi connectivity index (χ2n) is 13.7. The van der Waals surface area contributed by atoms with Crippen LogP contribution in [0.2, 0.25) is 0 Å². The van der Waals surface area contributed by atoms with E-state index in [0.717, 1.165) is 25.7 Å². The Bertz CT molecular complexity index is 1030. The number of hydrogen-bond acceptors (Lipinski definition) is 8. The van der Waals surface area contributed by atoms with Crippen molar-refractivity contribution < 1.29 is 26.4 Å². The fourth-order valence-corrected chi connectivity index (χ4v) is 6.38. The van der Waals surface area contributed by atoms with E-state index in [0.29, 0.717) is 11.1 Å². The molecule has 0 spiro atoms. The van der Waals surface area contributed by atoms with Crippen molar-refractivity contribution in [2.45, 2.75) is 115 Å². The number of nitrogens with one attached hydrogen (secondary N) is 2. The van der Waals surface area contributed by atoms with E-state index in [1.165, 1.54) is 10.1 Å². The van der Waals surface area contributed by atoms with E-state index in [1.807, 2.05) is 67.5 Å². The van der Waals surface area contributed by atoms with Gasteiger partial charge in [-0.3, -0.25) is 9.59 Å². The van der Waals surface area contributed by atoms with Crippen molar-refractivity contribution >= 4 is 11.6 Å². The normalized spacial score (nSPS) is 27.4. The summed E-state index contributed by atoms with van der Waals surface area (Å²) in [6.45, 7) is 15.8. The van der Waals surface area contributed by atoms with Gasteiger partial charge < -0.3 is 31.2 Å². The fraction of sp³-hybridized carbons (Fsp3) is 0.562. The Hall–Kier alpha value is -2.27. The third-order valence-corrected chi connectivity index (χ3v) is 7.97. The van der Waals surface area contributed by atoms with Gasteiger partial charge >= 0.3 is 0 Å². The molecule has 0 saturated carbocycles. The van der Waals surface area contributed by atoms with Gasteiger partial charge in [0, 0.05) is 74.6 Å². The zero-order valence-electron chi connectivity index (χ0n) is 25.6. The molecule has 2 aliphatic carbocycles. The number of rotatable bonds is 4. The molecule has 2 N–H and O–H groups in total. The molecule has 1 radical (unpaired) electrons. The van der Waals surface area contributed by atoms with Gasteiger partial charge in [-0.15, -0.1) is 0 Å². The molecule has 2 aliphatic heterocycles. The molecular weight excluding hydrogens is 563 g/mol. The van der Waals surface area contributed by atoms with E-state index in [9.17, 15) is 20.0 Å². The van der Waals surface area contributed by atoms with Gasteiger partial charge in [0.05, 0.1) is 0 Å². The number of hydroxylamine groups is 4. The number of nitrogens with zero attached hydrogens (tertiary/aromatic N) is 2. The number of hydrogen-bond donors (Lipinski definition) is 2. The Balaban J connectivity index is 0.000000280. The van der Waals surface area contributed by atoms with Gasteiger partial charge in [0.15, 0.2) is 11.6 Å². The second-order valence-corrected chi connectivity index (χ2v) is 13.7. The van der Waals surface area contributed by atoms with Crippen molar-refractivity contribution in [1.82, 2.24) is 20.8 Å². The first-order valence-electron chi connectivity index (χ1n) is 14.1. The number of allylic oxidation sites excluding steroid dienone is 10. The Morgan fingerprint density at radius 2 is 0.878 bits per heavy atom. The third-order valence-electron chi connectivity index (χ3n) is 7.97. The summed E-state index contributed by atoms with van der Waals surface area (Å²) in [6.07, 6.45) is 20.5. The van der Waals surface area contributed by atoms with Gasteiger partial charge in [0.2, 0.25) is 0 Å². The van der Waals surface area contributed by atoms with Crippen molar-refractivity contribution in [2.24, 2.45) is 0 Å². The maximum atomic E-state index is 12.3. The average molecular weight is 610 g/mol. The van der Waals surface area contributed by atoms with Crippen LogP contribution in [-0.2, 0) is 26.4 Å². The molecule has 0 aromatic carbocycles. The van der Waals surface area contributed by atoms with Crippen LogP contribution < -0.4 is 10.6 Å². The third kappa shape index (κ3) is 8.86. The van der Waals surface area contributed by atoms with Crippen molar-refractivity contribution in [3.05, 3.63) is 82.6 Å². The average Bonchev–Trinajstić information content (AvgIpc) is 2.85. The standard InChI is InChI=1S/2C16H23N2O2.Co/c2*1-15(2)9-13(10-16(3,4)18(15)20)17-11-12-7-5-6-8-14(12)19;/h2*5-8,11,13,17H,9-10H2,1-4H3;/q2*-1;. The van der Waals surface area contributed by atoms with Crippen LogP contribution in [0.3, 0.4) is 0 Å². The van der Waals surface area contributed by atoms with Crippen molar-refractivity contribution in [2.75, 3.05) is 0 Å². The minimum absolute atomic E-state index is 0. The molecule has 0 aromatic heterocycles. The van der Waals surface area contributed by atoms with Gasteiger partial charge in [0.25, 0.3) is 0 Å². The van der Waals surface area contributed by atoms with Crippen LogP contribution in [0.1, 0.15) is 81.1 Å². The monoisotopic (exact) mass is 609 g/mol. The van der Waals surface area contributed by atoms with Crippen LogP contribution in [0.5, 0.6) is 0 Å². The van der Waals surface area contributed by atoms with E-state index in [-0.39, 0.29) is 40.4 Å². The molecule has 0 bridgehead atoms. The van der Waals surface area contributed by atoms with Gasteiger partial charge in [0.1, 0.15) is 0 Å². The summed E-state index contributed by atoms with van der Waals surface area (Å²) in [7, 11) is 0. The molecule has 9 heteroatoms. The first-order chi connectivity index (χ1) is 18.4. The zero-order valence-corrected chi connectivity index (χ0v) is 26.7. The molecule has 41 heavy (non-hydrogen) atoms. The van der Waals surface area contributed by atoms with Crippen molar-refractivity contribution in [1.29, 1.82) is 0 Å². The van der Waals surface area contributed by atoms with Crippen LogP contribution in [0, 0.1) is 10.4 Å². The molecular formula is C32H46CoN4O4-2. The van der Waals surface area contributed by atoms with E-state index in [2.05, 4.69) is 10.6 Å². The van der Waals surface area contributed by atoms with Crippen LogP contribution in [0.25, 0.3) is 0 Å². The molecule has 2 saturated heterocycles. The van der Waals surface area contributed by atoms with Crippen LogP contribution in [0.4, 0.5) is 0 Å². The quantitative estimate of drug-likeness (QED) is 0.411. The van der Waals surface area contributed by atoms with Gasteiger partial charge in [-0.05, 0) is 105 Å². The predicted molar refractivity (Wildman–Crippen MR) is 162 cm³/mol. The summed E-state index contributed by atoms with van der Waals surface area (Å²) in [4.78, 5) is 23.3. The molecule has 4 aliphatic rings. The molecule has 8 nitrogen and oxygen atoms in total. The number of carbonyl (C=O) groups is 2. The fourth-order valence-electron chi connectivity index (χ4n) is 6.38. The SMILES string of the molecule is CC1(C)CC(NC=C2C=CC=CC2=O)CC(C)(C)N1[O-].CC1(C)CC(NC=C2C=CC=CC2=O)CC(C)(C)N1[O-].[Co]. The second kappa shape index (κ2) is 13.4. The molecule has 0 unspecified atom stereocenters. The molecule has 0 atom stereocenters. The maximum absolute atomic E-state index is 12.3. The smallest absolute Gasteiger partial charge is 0.187 e. The molecule has 0 amide bonds. The van der Waals surface area contributed by atoms with E-state index in [1.54, 1.807) is 48.9 Å². The van der Waals surface area contributed by atoms with Crippen LogP contribution in [0.15, 0.2) is 72.2 Å². The molecule has 2 heterocycles. The molecule has 2 fully saturated rings.